The number of benzene rings is 1. The first-order valence-electron chi connectivity index (χ1n) is 5.88. The monoisotopic (exact) mass is 326 g/mol. The van der Waals surface area contributed by atoms with E-state index >= 15 is 0 Å². The number of hydrogen-bond acceptors (Lipinski definition) is 4. The summed E-state index contributed by atoms with van der Waals surface area (Å²) in [7, 11) is 3.12. The zero-order valence-electron chi connectivity index (χ0n) is 10.8. The standard InChI is InChI=1S/C13H15BrN2O3/c1-16-12(17)6-11(13(16)18)15-10-5-3-4-9(14)8(10)7-19-2/h3-5,11,15H,6-7H2,1-2H3. The molecule has 0 aromatic heterocycles. The van der Waals surface area contributed by atoms with E-state index in [0.717, 1.165) is 20.6 Å². The Balaban J connectivity index is 2.22. The van der Waals surface area contributed by atoms with Gasteiger partial charge in [-0.1, -0.05) is 22.0 Å². The Kier molecular flexibility index (Phi) is 4.21. The minimum Gasteiger partial charge on any atom is -0.380 e. The number of ether oxygens (including phenoxy) is 1. The molecule has 0 radical (unpaired) electrons. The summed E-state index contributed by atoms with van der Waals surface area (Å²) < 4.78 is 6.06. The van der Waals surface area contributed by atoms with Crippen molar-refractivity contribution in [2.75, 3.05) is 19.5 Å². The third kappa shape index (κ3) is 2.79. The molecule has 1 aliphatic rings. The van der Waals surface area contributed by atoms with Gasteiger partial charge >= 0.3 is 0 Å². The van der Waals surface area contributed by atoms with E-state index in [1.165, 1.54) is 7.05 Å². The Bertz CT molecular complexity index is 519. The first kappa shape index (κ1) is 14.0. The molecule has 1 aromatic rings. The van der Waals surface area contributed by atoms with Crippen LogP contribution in [0, 0.1) is 0 Å². The molecular weight excluding hydrogens is 312 g/mol. The molecule has 5 nitrogen and oxygen atoms in total. The molecule has 2 rings (SSSR count). The fourth-order valence-electron chi connectivity index (χ4n) is 2.04. The van der Waals surface area contributed by atoms with Crippen molar-refractivity contribution < 1.29 is 14.3 Å². The summed E-state index contributed by atoms with van der Waals surface area (Å²) in [6, 6.07) is 5.15. The number of methoxy groups -OCH3 is 1. The van der Waals surface area contributed by atoms with Crippen molar-refractivity contribution >= 4 is 33.4 Å². The molecular formula is C13H15BrN2O3. The van der Waals surface area contributed by atoms with E-state index in [2.05, 4.69) is 21.2 Å². The highest BCUT2D eigenvalue weighted by Crippen LogP contribution is 2.27. The predicted octanol–water partition coefficient (Wildman–Crippen LogP) is 1.76. The normalized spacial score (nSPS) is 19.1. The van der Waals surface area contributed by atoms with E-state index in [-0.39, 0.29) is 18.2 Å². The second-order valence-electron chi connectivity index (χ2n) is 4.39. The van der Waals surface area contributed by atoms with E-state index in [9.17, 15) is 9.59 Å². The Morgan fingerprint density at radius 1 is 1.47 bits per heavy atom. The van der Waals surface area contributed by atoms with E-state index in [0.29, 0.717) is 6.61 Å². The zero-order valence-corrected chi connectivity index (χ0v) is 12.4. The number of nitrogens with one attached hydrogen (secondary N) is 1. The number of imide groups is 1. The van der Waals surface area contributed by atoms with Crippen LogP contribution in [0.5, 0.6) is 0 Å². The summed E-state index contributed by atoms with van der Waals surface area (Å²) in [6.45, 7) is 0.425. The molecule has 1 aliphatic heterocycles. The first-order chi connectivity index (χ1) is 9.04. The molecule has 1 fully saturated rings. The number of halogens is 1. The van der Waals surface area contributed by atoms with Crippen LogP contribution in [0.4, 0.5) is 5.69 Å². The lowest BCUT2D eigenvalue weighted by molar-refractivity contribution is -0.136. The van der Waals surface area contributed by atoms with Crippen LogP contribution in [0.2, 0.25) is 0 Å². The Hall–Kier alpha value is -1.40. The highest BCUT2D eigenvalue weighted by molar-refractivity contribution is 9.10. The maximum Gasteiger partial charge on any atom is 0.251 e. The van der Waals surface area contributed by atoms with Gasteiger partial charge in [-0.15, -0.1) is 0 Å². The predicted molar refractivity (Wildman–Crippen MR) is 74.7 cm³/mol. The van der Waals surface area contributed by atoms with Crippen LogP contribution in [0.3, 0.4) is 0 Å². The molecule has 102 valence electrons. The van der Waals surface area contributed by atoms with Crippen LogP contribution in [0.1, 0.15) is 12.0 Å². The van der Waals surface area contributed by atoms with Gasteiger partial charge in [0.2, 0.25) is 5.91 Å². The molecule has 0 spiro atoms. The van der Waals surface area contributed by atoms with Gasteiger partial charge in [-0.25, -0.2) is 0 Å². The smallest absolute Gasteiger partial charge is 0.251 e. The van der Waals surface area contributed by atoms with Crippen molar-refractivity contribution in [2.45, 2.75) is 19.1 Å². The molecule has 1 atom stereocenters. The van der Waals surface area contributed by atoms with Crippen LogP contribution in [0.25, 0.3) is 0 Å². The van der Waals surface area contributed by atoms with Crippen LogP contribution < -0.4 is 5.32 Å². The molecule has 19 heavy (non-hydrogen) atoms. The number of hydrogen-bond donors (Lipinski definition) is 1. The van der Waals surface area contributed by atoms with Crippen molar-refractivity contribution in [3.8, 4) is 0 Å². The maximum absolute atomic E-state index is 11.9. The van der Waals surface area contributed by atoms with Gasteiger partial charge in [-0.3, -0.25) is 14.5 Å². The molecule has 0 aliphatic carbocycles. The number of rotatable bonds is 4. The number of likely N-dealkylation sites (tertiary alicyclic amines) is 1. The van der Waals surface area contributed by atoms with Gasteiger partial charge in [0.15, 0.2) is 0 Å². The molecule has 2 amide bonds. The van der Waals surface area contributed by atoms with Crippen molar-refractivity contribution in [2.24, 2.45) is 0 Å². The maximum atomic E-state index is 11.9. The van der Waals surface area contributed by atoms with E-state index in [4.69, 9.17) is 4.74 Å². The number of anilines is 1. The number of likely N-dealkylation sites (N-methyl/N-ethyl adjacent to an activating group) is 1. The molecule has 1 heterocycles. The fourth-order valence-corrected chi connectivity index (χ4v) is 2.52. The molecule has 6 heteroatoms. The average Bonchev–Trinajstić information content (AvgIpc) is 2.61. The van der Waals surface area contributed by atoms with E-state index in [1.54, 1.807) is 7.11 Å². The molecule has 1 saturated heterocycles. The quantitative estimate of drug-likeness (QED) is 0.857. The lowest BCUT2D eigenvalue weighted by atomic mass is 10.1. The first-order valence-corrected chi connectivity index (χ1v) is 6.67. The average molecular weight is 327 g/mol. The van der Waals surface area contributed by atoms with Gasteiger partial charge in [0.25, 0.3) is 5.91 Å². The second kappa shape index (κ2) is 5.71. The SMILES string of the molecule is COCc1c(Br)cccc1NC1CC(=O)N(C)C1=O. The highest BCUT2D eigenvalue weighted by Gasteiger charge is 2.36. The van der Waals surface area contributed by atoms with Gasteiger partial charge in [-0.05, 0) is 12.1 Å². The summed E-state index contributed by atoms with van der Waals surface area (Å²) in [5, 5.41) is 3.12. The molecule has 1 aromatic carbocycles. The Labute approximate surface area is 120 Å². The minimum absolute atomic E-state index is 0.161. The summed E-state index contributed by atoms with van der Waals surface area (Å²) in [4.78, 5) is 24.5. The van der Waals surface area contributed by atoms with Gasteiger partial charge in [0.05, 0.1) is 13.0 Å². The molecule has 0 bridgehead atoms. The summed E-state index contributed by atoms with van der Waals surface area (Å²) >= 11 is 3.45. The Morgan fingerprint density at radius 3 is 2.79 bits per heavy atom. The fraction of sp³-hybridized carbons (Fsp3) is 0.385. The van der Waals surface area contributed by atoms with Crippen molar-refractivity contribution in [3.63, 3.8) is 0 Å². The number of carbonyl (C=O) groups excluding carboxylic acids is 2. The van der Waals surface area contributed by atoms with Crippen LogP contribution in [-0.2, 0) is 20.9 Å². The van der Waals surface area contributed by atoms with Gasteiger partial charge in [-0.2, -0.15) is 0 Å². The molecule has 0 saturated carbocycles. The van der Waals surface area contributed by atoms with Crippen LogP contribution in [0.15, 0.2) is 22.7 Å². The number of carbonyl (C=O) groups is 2. The lowest BCUT2D eigenvalue weighted by Gasteiger charge is -2.16. The largest absolute Gasteiger partial charge is 0.380 e. The topological polar surface area (TPSA) is 58.6 Å². The third-order valence-electron chi connectivity index (χ3n) is 3.12. The third-order valence-corrected chi connectivity index (χ3v) is 3.86. The van der Waals surface area contributed by atoms with Crippen LogP contribution >= 0.6 is 15.9 Å². The number of nitrogens with zero attached hydrogens (tertiary/aromatic N) is 1. The van der Waals surface area contributed by atoms with Crippen molar-refractivity contribution in [3.05, 3.63) is 28.2 Å². The summed E-state index contributed by atoms with van der Waals surface area (Å²) in [5.41, 5.74) is 1.73. The van der Waals surface area contributed by atoms with Crippen molar-refractivity contribution in [1.82, 2.24) is 4.90 Å². The second-order valence-corrected chi connectivity index (χ2v) is 5.25. The summed E-state index contributed by atoms with van der Waals surface area (Å²) in [5.74, 6) is -0.362. The molecule has 1 unspecified atom stereocenters. The summed E-state index contributed by atoms with van der Waals surface area (Å²) in [6.07, 6.45) is 0.189. The van der Waals surface area contributed by atoms with E-state index < -0.39 is 6.04 Å². The zero-order chi connectivity index (χ0) is 14.0. The minimum atomic E-state index is -0.498. The van der Waals surface area contributed by atoms with Crippen molar-refractivity contribution in [1.29, 1.82) is 0 Å². The van der Waals surface area contributed by atoms with Gasteiger partial charge in [0, 0.05) is 29.9 Å². The number of amides is 2. The lowest BCUT2D eigenvalue weighted by Crippen LogP contribution is -2.32. The van der Waals surface area contributed by atoms with Gasteiger partial charge < -0.3 is 10.1 Å². The van der Waals surface area contributed by atoms with Gasteiger partial charge in [0.1, 0.15) is 6.04 Å². The highest BCUT2D eigenvalue weighted by atomic mass is 79.9. The van der Waals surface area contributed by atoms with E-state index in [1.807, 2.05) is 18.2 Å². The Morgan fingerprint density at radius 2 is 2.21 bits per heavy atom. The van der Waals surface area contributed by atoms with Crippen LogP contribution in [-0.4, -0.2) is 36.9 Å². The molecule has 1 N–H and O–H groups in total.